The van der Waals surface area contributed by atoms with Crippen molar-refractivity contribution in [2.45, 2.75) is 25.3 Å². The van der Waals surface area contributed by atoms with E-state index in [0.717, 1.165) is 35.6 Å². The molecular formula is C15H21N3OS. The molecule has 1 atom stereocenters. The van der Waals surface area contributed by atoms with E-state index in [0.29, 0.717) is 6.04 Å². The van der Waals surface area contributed by atoms with Gasteiger partial charge in [0.2, 0.25) is 0 Å². The van der Waals surface area contributed by atoms with Gasteiger partial charge in [-0.1, -0.05) is 0 Å². The maximum absolute atomic E-state index is 5.23. The minimum Gasteiger partial charge on any atom is -0.497 e. The van der Waals surface area contributed by atoms with Crippen molar-refractivity contribution < 1.29 is 4.74 Å². The first kappa shape index (κ1) is 13.8. The van der Waals surface area contributed by atoms with Gasteiger partial charge in [-0.3, -0.25) is 0 Å². The maximum atomic E-state index is 5.23. The van der Waals surface area contributed by atoms with Crippen molar-refractivity contribution in [3.05, 3.63) is 24.0 Å². The van der Waals surface area contributed by atoms with E-state index in [1.54, 1.807) is 7.11 Å². The van der Waals surface area contributed by atoms with E-state index in [-0.39, 0.29) is 0 Å². The molecule has 0 bridgehead atoms. The minimum absolute atomic E-state index is 0.679. The van der Waals surface area contributed by atoms with Gasteiger partial charge in [-0.2, -0.15) is 11.8 Å². The van der Waals surface area contributed by atoms with Crippen molar-refractivity contribution in [1.82, 2.24) is 15.3 Å². The molecule has 2 heterocycles. The van der Waals surface area contributed by atoms with Crippen molar-refractivity contribution >= 4 is 22.8 Å². The molecule has 1 aromatic heterocycles. The molecule has 4 nitrogen and oxygen atoms in total. The number of imidazole rings is 1. The van der Waals surface area contributed by atoms with Gasteiger partial charge in [0.05, 0.1) is 18.1 Å². The molecule has 0 aliphatic carbocycles. The standard InChI is InChI=1S/C15H21N3OS/c1-19-12-4-5-13-14(9-12)18-15(17-13)6-7-16-11-3-2-8-20-10-11/h4-5,9,11,16H,2-3,6-8,10H2,1H3,(H,17,18)/t11-/m1/s1. The zero-order valence-corrected chi connectivity index (χ0v) is 12.6. The number of H-pyrrole nitrogens is 1. The predicted molar refractivity (Wildman–Crippen MR) is 84.7 cm³/mol. The van der Waals surface area contributed by atoms with Crippen LogP contribution in [0.1, 0.15) is 18.7 Å². The number of fused-ring (bicyclic) bond motifs is 1. The lowest BCUT2D eigenvalue weighted by Gasteiger charge is -2.22. The first-order valence-corrected chi connectivity index (χ1v) is 8.34. The summed E-state index contributed by atoms with van der Waals surface area (Å²) in [6.07, 6.45) is 3.59. The number of thioether (sulfide) groups is 1. The molecule has 20 heavy (non-hydrogen) atoms. The molecule has 108 valence electrons. The monoisotopic (exact) mass is 291 g/mol. The molecule has 1 fully saturated rings. The molecule has 3 rings (SSSR count). The fraction of sp³-hybridized carbons (Fsp3) is 0.533. The van der Waals surface area contributed by atoms with Crippen LogP contribution < -0.4 is 10.1 Å². The van der Waals surface area contributed by atoms with Crippen LogP contribution in [0.15, 0.2) is 18.2 Å². The van der Waals surface area contributed by atoms with E-state index in [4.69, 9.17) is 4.74 Å². The lowest BCUT2D eigenvalue weighted by Crippen LogP contribution is -2.35. The SMILES string of the molecule is COc1ccc2nc(CCN[C@@H]3CCCSC3)[nH]c2c1. The largest absolute Gasteiger partial charge is 0.497 e. The Hall–Kier alpha value is -1.20. The number of benzene rings is 1. The summed E-state index contributed by atoms with van der Waals surface area (Å²) in [7, 11) is 1.69. The summed E-state index contributed by atoms with van der Waals surface area (Å²) in [5.41, 5.74) is 2.06. The number of nitrogens with one attached hydrogen (secondary N) is 2. The van der Waals surface area contributed by atoms with E-state index in [9.17, 15) is 0 Å². The zero-order valence-electron chi connectivity index (χ0n) is 11.8. The van der Waals surface area contributed by atoms with Gasteiger partial charge in [0, 0.05) is 30.8 Å². The number of ether oxygens (including phenoxy) is 1. The Kier molecular flexibility index (Phi) is 4.47. The Morgan fingerprint density at radius 2 is 2.45 bits per heavy atom. The first-order chi connectivity index (χ1) is 9.85. The van der Waals surface area contributed by atoms with E-state index in [2.05, 4.69) is 27.0 Å². The summed E-state index contributed by atoms with van der Waals surface area (Å²) in [6.45, 7) is 0.988. The average molecular weight is 291 g/mol. The zero-order chi connectivity index (χ0) is 13.8. The highest BCUT2D eigenvalue weighted by molar-refractivity contribution is 7.99. The van der Waals surface area contributed by atoms with Crippen LogP contribution in [0.5, 0.6) is 5.75 Å². The maximum Gasteiger partial charge on any atom is 0.121 e. The summed E-state index contributed by atoms with van der Waals surface area (Å²) >= 11 is 2.06. The van der Waals surface area contributed by atoms with Crippen molar-refractivity contribution in [3.63, 3.8) is 0 Å². The summed E-state index contributed by atoms with van der Waals surface area (Å²) < 4.78 is 5.23. The van der Waals surface area contributed by atoms with Crippen molar-refractivity contribution in [1.29, 1.82) is 0 Å². The van der Waals surface area contributed by atoms with Crippen LogP contribution in [-0.2, 0) is 6.42 Å². The topological polar surface area (TPSA) is 49.9 Å². The summed E-state index contributed by atoms with van der Waals surface area (Å²) in [5, 5.41) is 3.63. The van der Waals surface area contributed by atoms with Gasteiger partial charge in [-0.15, -0.1) is 0 Å². The van der Waals surface area contributed by atoms with Crippen molar-refractivity contribution in [3.8, 4) is 5.75 Å². The summed E-state index contributed by atoms with van der Waals surface area (Å²) in [6, 6.07) is 6.62. The Balaban J connectivity index is 1.57. The molecular weight excluding hydrogens is 270 g/mol. The van der Waals surface area contributed by atoms with E-state index in [1.165, 1.54) is 24.3 Å². The molecule has 1 saturated heterocycles. The molecule has 1 aliphatic rings. The second-order valence-electron chi connectivity index (χ2n) is 5.18. The second kappa shape index (κ2) is 6.50. The summed E-state index contributed by atoms with van der Waals surface area (Å²) in [5.74, 6) is 4.48. The van der Waals surface area contributed by atoms with Gasteiger partial charge >= 0.3 is 0 Å². The molecule has 0 saturated carbocycles. The van der Waals surface area contributed by atoms with Gasteiger partial charge in [-0.05, 0) is 30.7 Å². The van der Waals surface area contributed by atoms with Gasteiger partial charge in [0.1, 0.15) is 11.6 Å². The Morgan fingerprint density at radius 1 is 1.50 bits per heavy atom. The molecule has 5 heteroatoms. The molecule has 2 aromatic rings. The van der Waals surface area contributed by atoms with Gasteiger partial charge < -0.3 is 15.0 Å². The Labute approximate surface area is 123 Å². The highest BCUT2D eigenvalue weighted by atomic mass is 32.2. The number of hydrogen-bond donors (Lipinski definition) is 2. The van der Waals surface area contributed by atoms with Crippen LogP contribution in [-0.4, -0.2) is 41.2 Å². The van der Waals surface area contributed by atoms with Gasteiger partial charge in [-0.25, -0.2) is 4.98 Å². The molecule has 1 aromatic carbocycles. The molecule has 0 radical (unpaired) electrons. The van der Waals surface area contributed by atoms with Crippen LogP contribution in [0.3, 0.4) is 0 Å². The molecule has 0 amide bonds. The number of hydrogen-bond acceptors (Lipinski definition) is 4. The van der Waals surface area contributed by atoms with Crippen molar-refractivity contribution in [2.24, 2.45) is 0 Å². The van der Waals surface area contributed by atoms with E-state index in [1.807, 2.05) is 18.2 Å². The second-order valence-corrected chi connectivity index (χ2v) is 6.33. The molecule has 2 N–H and O–H groups in total. The smallest absolute Gasteiger partial charge is 0.121 e. The normalized spacial score (nSPS) is 19.4. The minimum atomic E-state index is 0.679. The number of methoxy groups -OCH3 is 1. The van der Waals surface area contributed by atoms with Crippen LogP contribution in [0, 0.1) is 0 Å². The summed E-state index contributed by atoms with van der Waals surface area (Å²) in [4.78, 5) is 7.99. The van der Waals surface area contributed by atoms with Crippen LogP contribution in [0.4, 0.5) is 0 Å². The average Bonchev–Trinajstić information content (AvgIpc) is 2.90. The van der Waals surface area contributed by atoms with Gasteiger partial charge in [0.25, 0.3) is 0 Å². The number of nitrogens with zero attached hydrogens (tertiary/aromatic N) is 1. The van der Waals surface area contributed by atoms with E-state index < -0.39 is 0 Å². The number of aromatic amines is 1. The molecule has 0 spiro atoms. The Morgan fingerprint density at radius 3 is 3.25 bits per heavy atom. The number of rotatable bonds is 5. The first-order valence-electron chi connectivity index (χ1n) is 7.19. The third kappa shape index (κ3) is 3.27. The highest BCUT2D eigenvalue weighted by Gasteiger charge is 2.12. The highest BCUT2D eigenvalue weighted by Crippen LogP contribution is 2.19. The predicted octanol–water partition coefficient (Wildman–Crippen LogP) is 2.60. The van der Waals surface area contributed by atoms with E-state index >= 15 is 0 Å². The van der Waals surface area contributed by atoms with Crippen LogP contribution >= 0.6 is 11.8 Å². The van der Waals surface area contributed by atoms with Crippen LogP contribution in [0.2, 0.25) is 0 Å². The third-order valence-corrected chi connectivity index (χ3v) is 4.91. The quantitative estimate of drug-likeness (QED) is 0.889. The number of aromatic nitrogens is 2. The fourth-order valence-electron chi connectivity index (χ4n) is 2.58. The third-order valence-electron chi connectivity index (χ3n) is 3.69. The van der Waals surface area contributed by atoms with Gasteiger partial charge in [0.15, 0.2) is 0 Å². The fourth-order valence-corrected chi connectivity index (χ4v) is 3.69. The van der Waals surface area contributed by atoms with Crippen molar-refractivity contribution in [2.75, 3.05) is 25.2 Å². The lowest BCUT2D eigenvalue weighted by atomic mass is 10.2. The lowest BCUT2D eigenvalue weighted by molar-refractivity contribution is 0.415. The Bertz CT molecular complexity index is 563. The molecule has 1 aliphatic heterocycles. The molecule has 0 unspecified atom stereocenters. The van der Waals surface area contributed by atoms with Crippen LogP contribution in [0.25, 0.3) is 11.0 Å².